The lowest BCUT2D eigenvalue weighted by atomic mass is 10.1. The normalized spacial score (nSPS) is 16.4. The molecule has 0 spiro atoms. The molecule has 2 aromatic heterocycles. The van der Waals surface area contributed by atoms with E-state index < -0.39 is 0 Å². The Morgan fingerprint density at radius 1 is 1.18 bits per heavy atom. The lowest BCUT2D eigenvalue weighted by Gasteiger charge is -2.12. The van der Waals surface area contributed by atoms with Crippen LogP contribution in [0.5, 0.6) is 0 Å². The highest BCUT2D eigenvalue weighted by molar-refractivity contribution is 6.30. The highest BCUT2D eigenvalue weighted by Crippen LogP contribution is 2.34. The Hall–Kier alpha value is -2.40. The van der Waals surface area contributed by atoms with Gasteiger partial charge in [0.25, 0.3) is 0 Å². The smallest absolute Gasteiger partial charge is 0.168 e. The molecule has 0 saturated heterocycles. The Bertz CT molecular complexity index is 828. The fourth-order valence-electron chi connectivity index (χ4n) is 2.73. The van der Waals surface area contributed by atoms with Gasteiger partial charge in [0, 0.05) is 35.4 Å². The minimum Gasteiger partial charge on any atom is -0.383 e. The van der Waals surface area contributed by atoms with Gasteiger partial charge in [-0.3, -0.25) is 9.55 Å². The Morgan fingerprint density at radius 3 is 2.82 bits per heavy atom. The third kappa shape index (κ3) is 2.05. The number of pyridine rings is 1. The van der Waals surface area contributed by atoms with E-state index in [4.69, 9.17) is 11.6 Å². The number of rotatable bonds is 1. The van der Waals surface area contributed by atoms with Gasteiger partial charge < -0.3 is 5.32 Å². The van der Waals surface area contributed by atoms with Gasteiger partial charge >= 0.3 is 0 Å². The van der Waals surface area contributed by atoms with Crippen LogP contribution in [0.4, 0.5) is 5.69 Å². The van der Waals surface area contributed by atoms with Crippen LogP contribution >= 0.6 is 11.6 Å². The summed E-state index contributed by atoms with van der Waals surface area (Å²) in [5, 5.41) is 13.0. The number of benzene rings is 1. The molecule has 22 heavy (non-hydrogen) atoms. The van der Waals surface area contributed by atoms with Crippen molar-refractivity contribution in [1.29, 1.82) is 0 Å². The van der Waals surface area contributed by atoms with Crippen LogP contribution in [-0.4, -0.2) is 26.3 Å². The van der Waals surface area contributed by atoms with Gasteiger partial charge in [-0.05, 0) is 30.3 Å². The molecule has 1 N–H and O–H groups in total. The van der Waals surface area contributed by atoms with Gasteiger partial charge in [-0.15, -0.1) is 10.2 Å². The number of hydrogen-bond acceptors (Lipinski definition) is 4. The summed E-state index contributed by atoms with van der Waals surface area (Å²) in [6, 6.07) is 9.70. The Labute approximate surface area is 133 Å². The van der Waals surface area contributed by atoms with Crippen LogP contribution in [0.1, 0.15) is 18.7 Å². The average Bonchev–Trinajstić information content (AvgIpc) is 2.94. The van der Waals surface area contributed by atoms with E-state index in [9.17, 15) is 0 Å². The van der Waals surface area contributed by atoms with Crippen molar-refractivity contribution in [3.8, 4) is 17.1 Å². The summed E-state index contributed by atoms with van der Waals surface area (Å²) in [6.45, 7) is 2.94. The zero-order valence-corrected chi connectivity index (χ0v) is 12.7. The van der Waals surface area contributed by atoms with Crippen molar-refractivity contribution in [2.45, 2.75) is 12.8 Å². The van der Waals surface area contributed by atoms with Crippen LogP contribution in [0.15, 0.2) is 42.7 Å². The molecular weight excluding hydrogens is 298 g/mol. The molecule has 6 heteroatoms. The van der Waals surface area contributed by atoms with E-state index in [0.29, 0.717) is 5.02 Å². The number of fused-ring (bicyclic) bond motifs is 3. The van der Waals surface area contributed by atoms with Gasteiger partial charge in [0.05, 0.1) is 11.4 Å². The largest absolute Gasteiger partial charge is 0.383 e. The maximum absolute atomic E-state index is 6.21. The van der Waals surface area contributed by atoms with E-state index in [2.05, 4.69) is 32.0 Å². The van der Waals surface area contributed by atoms with E-state index in [0.717, 1.165) is 35.1 Å². The third-order valence-corrected chi connectivity index (χ3v) is 4.10. The highest BCUT2D eigenvalue weighted by atomic mass is 35.5. The molecule has 3 aromatic rings. The van der Waals surface area contributed by atoms with E-state index >= 15 is 0 Å². The summed E-state index contributed by atoms with van der Waals surface area (Å²) in [4.78, 5) is 4.07. The Balaban J connectivity index is 2.01. The zero-order valence-electron chi connectivity index (χ0n) is 12.0. The standard InChI is InChI=1S/C16H14ClN5/c1-10-9-19-13-3-2-12(17)8-14(13)22-15(10)20-21-16(22)11-4-6-18-7-5-11/h2-8,10,19H,9H2,1H3. The van der Waals surface area contributed by atoms with Gasteiger partial charge in [0.1, 0.15) is 5.82 Å². The molecule has 3 heterocycles. The van der Waals surface area contributed by atoms with Crippen molar-refractivity contribution >= 4 is 17.3 Å². The van der Waals surface area contributed by atoms with Crippen LogP contribution in [0.2, 0.25) is 5.02 Å². The summed E-state index contributed by atoms with van der Waals surface area (Å²) in [5.74, 6) is 1.98. The molecule has 0 radical (unpaired) electrons. The lowest BCUT2D eigenvalue weighted by Crippen LogP contribution is -2.09. The summed E-state index contributed by atoms with van der Waals surface area (Å²) >= 11 is 6.21. The van der Waals surface area contributed by atoms with Crippen molar-refractivity contribution in [1.82, 2.24) is 19.7 Å². The molecule has 0 saturated carbocycles. The molecule has 1 aliphatic rings. The summed E-state index contributed by atoms with van der Waals surface area (Å²) in [7, 11) is 0. The van der Waals surface area contributed by atoms with Crippen LogP contribution in [-0.2, 0) is 0 Å². The third-order valence-electron chi connectivity index (χ3n) is 3.87. The van der Waals surface area contributed by atoms with Crippen molar-refractivity contribution in [2.75, 3.05) is 11.9 Å². The monoisotopic (exact) mass is 311 g/mol. The molecule has 5 nitrogen and oxygen atoms in total. The molecule has 0 amide bonds. The first kappa shape index (κ1) is 13.3. The molecule has 0 aliphatic carbocycles. The maximum atomic E-state index is 6.21. The highest BCUT2D eigenvalue weighted by Gasteiger charge is 2.25. The number of anilines is 1. The molecule has 0 bridgehead atoms. The summed E-state index contributed by atoms with van der Waals surface area (Å²) < 4.78 is 2.08. The molecule has 1 unspecified atom stereocenters. The van der Waals surface area contributed by atoms with Gasteiger partial charge in [-0.2, -0.15) is 0 Å². The van der Waals surface area contributed by atoms with E-state index in [1.807, 2.05) is 30.3 Å². The van der Waals surface area contributed by atoms with Crippen LogP contribution in [0.25, 0.3) is 17.1 Å². The number of nitrogens with one attached hydrogen (secondary N) is 1. The second-order valence-corrected chi connectivity index (χ2v) is 5.83. The van der Waals surface area contributed by atoms with Gasteiger partial charge in [-0.1, -0.05) is 18.5 Å². The molecule has 0 fully saturated rings. The molecule has 1 atom stereocenters. The van der Waals surface area contributed by atoms with Crippen molar-refractivity contribution < 1.29 is 0 Å². The van der Waals surface area contributed by atoms with E-state index in [1.54, 1.807) is 12.4 Å². The Morgan fingerprint density at radius 2 is 2.00 bits per heavy atom. The quantitative estimate of drug-likeness (QED) is 0.747. The number of halogens is 1. The van der Waals surface area contributed by atoms with E-state index in [1.165, 1.54) is 0 Å². The van der Waals surface area contributed by atoms with Gasteiger partial charge in [0.2, 0.25) is 0 Å². The first-order valence-corrected chi connectivity index (χ1v) is 7.51. The average molecular weight is 312 g/mol. The summed E-state index contributed by atoms with van der Waals surface area (Å²) in [5.41, 5.74) is 2.99. The minimum atomic E-state index is 0.245. The van der Waals surface area contributed by atoms with Gasteiger partial charge in [0.15, 0.2) is 5.82 Å². The zero-order chi connectivity index (χ0) is 15.1. The predicted octanol–water partition coefficient (Wildman–Crippen LogP) is 3.51. The fourth-order valence-corrected chi connectivity index (χ4v) is 2.90. The van der Waals surface area contributed by atoms with E-state index in [-0.39, 0.29) is 5.92 Å². The van der Waals surface area contributed by atoms with Crippen molar-refractivity contribution in [2.24, 2.45) is 0 Å². The Kier molecular flexibility index (Phi) is 3.08. The van der Waals surface area contributed by atoms with Crippen molar-refractivity contribution in [3.05, 3.63) is 53.6 Å². The second-order valence-electron chi connectivity index (χ2n) is 5.40. The minimum absolute atomic E-state index is 0.245. The molecule has 110 valence electrons. The SMILES string of the molecule is CC1CNc2ccc(Cl)cc2-n2c(-c3ccncc3)nnc21. The van der Waals surface area contributed by atoms with Crippen LogP contribution in [0, 0.1) is 0 Å². The van der Waals surface area contributed by atoms with Crippen LogP contribution in [0.3, 0.4) is 0 Å². The first-order valence-electron chi connectivity index (χ1n) is 7.13. The molecule has 4 rings (SSSR count). The van der Waals surface area contributed by atoms with Gasteiger partial charge in [-0.25, -0.2) is 0 Å². The fraction of sp³-hybridized carbons (Fsp3) is 0.188. The maximum Gasteiger partial charge on any atom is 0.168 e. The molecular formula is C16H14ClN5. The second kappa shape index (κ2) is 5.10. The van der Waals surface area contributed by atoms with Crippen molar-refractivity contribution in [3.63, 3.8) is 0 Å². The number of aromatic nitrogens is 4. The lowest BCUT2D eigenvalue weighted by molar-refractivity contribution is 0.725. The predicted molar refractivity (Wildman–Crippen MR) is 86.5 cm³/mol. The number of hydrogen-bond donors (Lipinski definition) is 1. The first-order chi connectivity index (χ1) is 10.7. The van der Waals surface area contributed by atoms with Crippen LogP contribution < -0.4 is 5.32 Å². The summed E-state index contributed by atoms with van der Waals surface area (Å²) in [6.07, 6.45) is 3.52. The molecule has 1 aliphatic heterocycles. The molecule has 1 aromatic carbocycles. The number of nitrogens with zero attached hydrogens (tertiary/aromatic N) is 4. The topological polar surface area (TPSA) is 55.6 Å².